The number of hydrogen-bond acceptors (Lipinski definition) is 6. The number of nitrogens with one attached hydrogen (secondary N) is 2. The highest BCUT2D eigenvalue weighted by atomic mass is 19.1. The van der Waals surface area contributed by atoms with Crippen molar-refractivity contribution in [2.75, 3.05) is 25.5 Å². The monoisotopic (exact) mass is 371 g/mol. The van der Waals surface area contributed by atoms with Crippen molar-refractivity contribution in [1.82, 2.24) is 15.2 Å². The lowest BCUT2D eigenvalue weighted by atomic mass is 10.0. The number of amides is 1. The van der Waals surface area contributed by atoms with Crippen molar-refractivity contribution in [3.63, 3.8) is 0 Å². The van der Waals surface area contributed by atoms with Crippen LogP contribution >= 0.6 is 0 Å². The first kappa shape index (κ1) is 18.9. The Balaban J connectivity index is 1.68. The highest BCUT2D eigenvalue weighted by Crippen LogP contribution is 2.29. The van der Waals surface area contributed by atoms with Crippen molar-refractivity contribution in [3.8, 4) is 11.1 Å². The summed E-state index contributed by atoms with van der Waals surface area (Å²) in [5, 5.41) is 8.49. The molecule has 1 aliphatic rings. The van der Waals surface area contributed by atoms with Gasteiger partial charge in [0.2, 0.25) is 5.91 Å². The maximum Gasteiger partial charge on any atom is 0.216 e. The second-order valence-corrected chi connectivity index (χ2v) is 6.77. The van der Waals surface area contributed by atoms with Crippen molar-refractivity contribution in [1.29, 1.82) is 0 Å². The van der Waals surface area contributed by atoms with E-state index in [0.29, 0.717) is 11.3 Å². The van der Waals surface area contributed by atoms with Gasteiger partial charge in [0.25, 0.3) is 0 Å². The summed E-state index contributed by atoms with van der Waals surface area (Å²) in [5.74, 6) is -0.598. The van der Waals surface area contributed by atoms with Gasteiger partial charge in [-0.25, -0.2) is 4.39 Å². The van der Waals surface area contributed by atoms with Gasteiger partial charge in [-0.1, -0.05) is 5.18 Å². The SMILES string of the molecule is CC(=O)NCC(CNc1ccc(-c2cnc3c(c2)CN(C)C3)c(F)c1)N=O. The van der Waals surface area contributed by atoms with E-state index in [1.807, 2.05) is 13.1 Å². The van der Waals surface area contributed by atoms with Crippen molar-refractivity contribution in [2.24, 2.45) is 5.18 Å². The van der Waals surface area contributed by atoms with Crippen LogP contribution < -0.4 is 10.6 Å². The van der Waals surface area contributed by atoms with E-state index in [1.54, 1.807) is 18.3 Å². The van der Waals surface area contributed by atoms with E-state index < -0.39 is 6.04 Å². The van der Waals surface area contributed by atoms with Crippen LogP contribution in [0.2, 0.25) is 0 Å². The topological polar surface area (TPSA) is 86.7 Å². The second kappa shape index (κ2) is 8.22. The van der Waals surface area contributed by atoms with Crippen LogP contribution in [0.3, 0.4) is 0 Å². The summed E-state index contributed by atoms with van der Waals surface area (Å²) in [6.45, 7) is 3.34. The van der Waals surface area contributed by atoms with E-state index in [1.165, 1.54) is 13.0 Å². The molecule has 0 spiro atoms. The number of carbonyl (C=O) groups excluding carboxylic acids is 1. The van der Waals surface area contributed by atoms with Gasteiger partial charge in [0.1, 0.15) is 11.9 Å². The number of fused-ring (bicyclic) bond motifs is 1. The molecule has 1 aromatic heterocycles. The molecule has 8 heteroatoms. The molecular weight excluding hydrogens is 349 g/mol. The first-order valence-electron chi connectivity index (χ1n) is 8.73. The lowest BCUT2D eigenvalue weighted by Gasteiger charge is -2.13. The summed E-state index contributed by atoms with van der Waals surface area (Å²) < 4.78 is 14.6. The summed E-state index contributed by atoms with van der Waals surface area (Å²) in [6.07, 6.45) is 1.70. The van der Waals surface area contributed by atoms with Gasteiger partial charge in [0, 0.05) is 56.1 Å². The summed E-state index contributed by atoms with van der Waals surface area (Å²) in [7, 11) is 2.02. The predicted molar refractivity (Wildman–Crippen MR) is 102 cm³/mol. The fraction of sp³-hybridized carbons (Fsp3) is 0.368. The first-order chi connectivity index (χ1) is 13.0. The molecule has 0 saturated heterocycles. The third kappa shape index (κ3) is 4.65. The predicted octanol–water partition coefficient (Wildman–Crippen LogP) is 2.52. The maximum atomic E-state index is 14.6. The van der Waals surface area contributed by atoms with E-state index in [9.17, 15) is 14.1 Å². The van der Waals surface area contributed by atoms with Gasteiger partial charge in [0.15, 0.2) is 0 Å². The van der Waals surface area contributed by atoms with Crippen LogP contribution in [0.4, 0.5) is 10.1 Å². The van der Waals surface area contributed by atoms with E-state index in [-0.39, 0.29) is 24.8 Å². The number of hydrogen-bond donors (Lipinski definition) is 2. The molecule has 1 atom stereocenters. The third-order valence-electron chi connectivity index (χ3n) is 4.48. The number of rotatable bonds is 7. The summed E-state index contributed by atoms with van der Waals surface area (Å²) in [4.78, 5) is 28.4. The molecule has 0 radical (unpaired) electrons. The van der Waals surface area contributed by atoms with Crippen LogP contribution in [-0.2, 0) is 17.9 Å². The van der Waals surface area contributed by atoms with Gasteiger partial charge in [-0.3, -0.25) is 14.7 Å². The van der Waals surface area contributed by atoms with Crippen LogP contribution in [0, 0.1) is 10.7 Å². The van der Waals surface area contributed by atoms with E-state index in [2.05, 4.69) is 25.7 Å². The smallest absolute Gasteiger partial charge is 0.216 e. The molecule has 0 saturated carbocycles. The molecule has 3 rings (SSSR count). The number of carbonyl (C=O) groups is 1. The fourth-order valence-electron chi connectivity index (χ4n) is 3.07. The van der Waals surface area contributed by atoms with Gasteiger partial charge in [-0.15, -0.1) is 0 Å². The van der Waals surface area contributed by atoms with Crippen molar-refractivity contribution in [2.45, 2.75) is 26.1 Å². The summed E-state index contributed by atoms with van der Waals surface area (Å²) in [6, 6.07) is 6.18. The van der Waals surface area contributed by atoms with Crippen molar-refractivity contribution in [3.05, 3.63) is 52.4 Å². The molecule has 142 valence electrons. The van der Waals surface area contributed by atoms with Gasteiger partial charge < -0.3 is 10.6 Å². The Hall–Kier alpha value is -2.87. The Morgan fingerprint density at radius 1 is 1.33 bits per heavy atom. The van der Waals surface area contributed by atoms with Crippen LogP contribution in [0.5, 0.6) is 0 Å². The molecule has 2 heterocycles. The average molecular weight is 371 g/mol. The Kier molecular flexibility index (Phi) is 5.75. The van der Waals surface area contributed by atoms with E-state index in [0.717, 1.165) is 29.9 Å². The average Bonchev–Trinajstić information content (AvgIpc) is 3.01. The standard InChI is InChI=1S/C19H22FN5O2/c1-12(26)21-8-16(24-27)9-22-15-3-4-17(18(20)6-15)13-5-14-10-25(2)11-19(14)23-7-13/h3-7,16,22H,8-11H2,1-2H3,(H,21,26). The molecule has 1 amide bonds. The lowest BCUT2D eigenvalue weighted by Crippen LogP contribution is -2.33. The highest BCUT2D eigenvalue weighted by Gasteiger charge is 2.18. The number of halogens is 1. The number of benzene rings is 1. The quantitative estimate of drug-likeness (QED) is 0.731. The van der Waals surface area contributed by atoms with Gasteiger partial charge in [0.05, 0.1) is 5.69 Å². The molecule has 0 aliphatic carbocycles. The molecule has 1 aliphatic heterocycles. The molecule has 27 heavy (non-hydrogen) atoms. The van der Waals surface area contributed by atoms with Crippen LogP contribution in [0.1, 0.15) is 18.2 Å². The molecule has 1 aromatic carbocycles. The number of nitroso groups, excluding NO2 is 1. The van der Waals surface area contributed by atoms with Crippen LogP contribution in [0.15, 0.2) is 35.6 Å². The molecule has 0 fully saturated rings. The van der Waals surface area contributed by atoms with E-state index in [4.69, 9.17) is 0 Å². The zero-order valence-electron chi connectivity index (χ0n) is 15.3. The van der Waals surface area contributed by atoms with Crippen LogP contribution in [0.25, 0.3) is 11.1 Å². The van der Waals surface area contributed by atoms with Crippen molar-refractivity contribution < 1.29 is 9.18 Å². The third-order valence-corrected chi connectivity index (χ3v) is 4.48. The van der Waals surface area contributed by atoms with Crippen LogP contribution in [-0.4, -0.2) is 42.0 Å². The largest absolute Gasteiger partial charge is 0.383 e. The Morgan fingerprint density at radius 3 is 2.85 bits per heavy atom. The zero-order valence-corrected chi connectivity index (χ0v) is 15.3. The minimum Gasteiger partial charge on any atom is -0.383 e. The molecule has 0 bridgehead atoms. The molecule has 7 nitrogen and oxygen atoms in total. The maximum absolute atomic E-state index is 14.6. The summed E-state index contributed by atoms with van der Waals surface area (Å²) >= 11 is 0. The fourth-order valence-corrected chi connectivity index (χ4v) is 3.07. The summed E-state index contributed by atoms with van der Waals surface area (Å²) in [5.41, 5.74) is 3.92. The minimum absolute atomic E-state index is 0.141. The number of anilines is 1. The number of aromatic nitrogens is 1. The number of nitrogens with zero attached hydrogens (tertiary/aromatic N) is 3. The lowest BCUT2D eigenvalue weighted by molar-refractivity contribution is -0.119. The Morgan fingerprint density at radius 2 is 2.15 bits per heavy atom. The normalized spacial score (nSPS) is 14.5. The zero-order chi connectivity index (χ0) is 19.4. The van der Waals surface area contributed by atoms with E-state index >= 15 is 0 Å². The van der Waals surface area contributed by atoms with Crippen molar-refractivity contribution >= 4 is 11.6 Å². The minimum atomic E-state index is -0.630. The number of pyridine rings is 1. The molecule has 2 N–H and O–H groups in total. The molecule has 1 unspecified atom stereocenters. The molecule has 2 aromatic rings. The Bertz CT molecular complexity index is 858. The molecular formula is C19H22FN5O2. The van der Waals surface area contributed by atoms with Gasteiger partial charge >= 0.3 is 0 Å². The Labute approximate surface area is 157 Å². The highest BCUT2D eigenvalue weighted by molar-refractivity contribution is 5.72. The first-order valence-corrected chi connectivity index (χ1v) is 8.73. The second-order valence-electron chi connectivity index (χ2n) is 6.77. The van der Waals surface area contributed by atoms with Gasteiger partial charge in [-0.2, -0.15) is 4.91 Å². The van der Waals surface area contributed by atoms with Gasteiger partial charge in [-0.05, 0) is 36.9 Å².